The molecule has 4 amide bonds. The van der Waals surface area contributed by atoms with Crippen molar-refractivity contribution in [3.8, 4) is 10.4 Å². The van der Waals surface area contributed by atoms with E-state index in [1.807, 2.05) is 10.9 Å². The molecule has 1 aliphatic heterocycles. The SMILES string of the molecule is CC(=O)Nc1ccc(CN2CCCC(n3cc4c(n3)CCc3c-4sc(NC(N)=O)c3C(N)=O)C2)c(F)c1. The van der Waals surface area contributed by atoms with Gasteiger partial charge in [-0.05, 0) is 49.9 Å². The predicted octanol–water partition coefficient (Wildman–Crippen LogP) is 3.23. The number of nitrogens with one attached hydrogen (secondary N) is 2. The van der Waals surface area contributed by atoms with E-state index in [9.17, 15) is 18.8 Å². The van der Waals surface area contributed by atoms with Crippen molar-refractivity contribution in [2.75, 3.05) is 23.7 Å². The van der Waals surface area contributed by atoms with Crippen LogP contribution in [0.3, 0.4) is 0 Å². The number of nitrogens with two attached hydrogens (primary N) is 2. The summed E-state index contributed by atoms with van der Waals surface area (Å²) in [5.74, 6) is -1.19. The van der Waals surface area contributed by atoms with Crippen LogP contribution in [0.15, 0.2) is 24.4 Å². The molecule has 0 bridgehead atoms. The number of carbonyl (C=O) groups is 3. The van der Waals surface area contributed by atoms with Crippen molar-refractivity contribution in [2.45, 2.75) is 45.2 Å². The van der Waals surface area contributed by atoms with Crippen molar-refractivity contribution in [3.63, 3.8) is 0 Å². The van der Waals surface area contributed by atoms with Crippen molar-refractivity contribution < 1.29 is 18.8 Å². The van der Waals surface area contributed by atoms with Gasteiger partial charge in [0.1, 0.15) is 10.8 Å². The fourth-order valence-electron chi connectivity index (χ4n) is 5.20. The summed E-state index contributed by atoms with van der Waals surface area (Å²) in [6, 6.07) is 4.13. The van der Waals surface area contributed by atoms with Crippen LogP contribution < -0.4 is 22.1 Å². The maximum atomic E-state index is 14.7. The number of primary amides is 2. The number of thiophene rings is 1. The number of piperidine rings is 1. The van der Waals surface area contributed by atoms with Gasteiger partial charge in [-0.2, -0.15) is 5.10 Å². The van der Waals surface area contributed by atoms with Gasteiger partial charge in [0.15, 0.2) is 0 Å². The van der Waals surface area contributed by atoms with Crippen molar-refractivity contribution in [1.82, 2.24) is 14.7 Å². The van der Waals surface area contributed by atoms with Crippen LogP contribution in [0.2, 0.25) is 0 Å². The highest BCUT2D eigenvalue weighted by atomic mass is 32.1. The molecule has 194 valence electrons. The number of carbonyl (C=O) groups excluding carboxylic acids is 3. The van der Waals surface area contributed by atoms with Crippen LogP contribution in [-0.4, -0.2) is 45.6 Å². The molecular weight excluding hydrogens is 497 g/mol. The van der Waals surface area contributed by atoms with Crippen LogP contribution in [-0.2, 0) is 24.2 Å². The van der Waals surface area contributed by atoms with E-state index in [0.717, 1.165) is 41.1 Å². The first-order valence-corrected chi connectivity index (χ1v) is 12.9. The van der Waals surface area contributed by atoms with E-state index in [1.54, 1.807) is 12.1 Å². The monoisotopic (exact) mass is 525 g/mol. The average Bonchev–Trinajstić information content (AvgIpc) is 3.41. The van der Waals surface area contributed by atoms with E-state index in [1.165, 1.54) is 24.3 Å². The number of anilines is 2. The zero-order valence-electron chi connectivity index (χ0n) is 20.3. The van der Waals surface area contributed by atoms with E-state index in [4.69, 9.17) is 16.6 Å². The van der Waals surface area contributed by atoms with Gasteiger partial charge in [-0.15, -0.1) is 11.3 Å². The summed E-state index contributed by atoms with van der Waals surface area (Å²) in [7, 11) is 0. The molecule has 0 radical (unpaired) electrons. The highest BCUT2D eigenvalue weighted by molar-refractivity contribution is 7.20. The third-order valence-electron chi connectivity index (χ3n) is 6.78. The van der Waals surface area contributed by atoms with Crippen molar-refractivity contribution >= 4 is 39.9 Å². The fourth-order valence-corrected chi connectivity index (χ4v) is 6.49. The fraction of sp³-hybridized carbons (Fsp3) is 0.360. The Morgan fingerprint density at radius 3 is 2.73 bits per heavy atom. The van der Waals surface area contributed by atoms with Crippen LogP contribution in [0.1, 0.15) is 53.0 Å². The lowest BCUT2D eigenvalue weighted by Gasteiger charge is -2.33. The lowest BCUT2D eigenvalue weighted by atomic mass is 9.94. The Bertz CT molecular complexity index is 1400. The van der Waals surface area contributed by atoms with Crippen molar-refractivity contribution in [2.24, 2.45) is 11.5 Å². The molecule has 1 saturated heterocycles. The molecule has 1 atom stereocenters. The lowest BCUT2D eigenvalue weighted by Crippen LogP contribution is -2.36. The zero-order valence-corrected chi connectivity index (χ0v) is 21.2. The van der Waals surface area contributed by atoms with E-state index >= 15 is 0 Å². The molecule has 3 aromatic rings. The number of urea groups is 1. The molecule has 1 aliphatic carbocycles. The minimum absolute atomic E-state index is 0.114. The van der Waals surface area contributed by atoms with Crippen LogP contribution in [0.25, 0.3) is 10.4 Å². The molecule has 0 spiro atoms. The third kappa shape index (κ3) is 5.07. The molecule has 10 nitrogen and oxygen atoms in total. The second-order valence-electron chi connectivity index (χ2n) is 9.46. The van der Waals surface area contributed by atoms with Crippen LogP contribution >= 0.6 is 11.3 Å². The number of likely N-dealkylation sites (tertiary alicyclic amines) is 1. The van der Waals surface area contributed by atoms with E-state index in [2.05, 4.69) is 15.5 Å². The number of fused-ring (bicyclic) bond motifs is 3. The smallest absolute Gasteiger partial charge is 0.317 e. The Morgan fingerprint density at radius 1 is 1.22 bits per heavy atom. The molecule has 1 aromatic carbocycles. The summed E-state index contributed by atoms with van der Waals surface area (Å²) in [5, 5.41) is 10.4. The number of rotatable bonds is 6. The molecule has 2 aromatic heterocycles. The van der Waals surface area contributed by atoms with Gasteiger partial charge in [-0.3, -0.25) is 24.5 Å². The van der Waals surface area contributed by atoms with Crippen LogP contribution in [0, 0.1) is 5.82 Å². The molecule has 0 saturated carbocycles. The summed E-state index contributed by atoms with van der Waals surface area (Å²) < 4.78 is 16.7. The number of aromatic nitrogens is 2. The average molecular weight is 526 g/mol. The molecule has 6 N–H and O–H groups in total. The highest BCUT2D eigenvalue weighted by Gasteiger charge is 2.31. The second kappa shape index (κ2) is 9.94. The van der Waals surface area contributed by atoms with Gasteiger partial charge in [-0.1, -0.05) is 6.07 Å². The topological polar surface area (TPSA) is 148 Å². The quantitative estimate of drug-likeness (QED) is 0.390. The summed E-state index contributed by atoms with van der Waals surface area (Å²) in [6.45, 7) is 3.41. The van der Waals surface area contributed by atoms with Gasteiger partial charge in [0.25, 0.3) is 5.91 Å². The van der Waals surface area contributed by atoms with E-state index < -0.39 is 11.9 Å². The number of aryl methyl sites for hydroxylation is 1. The van der Waals surface area contributed by atoms with Gasteiger partial charge in [0, 0.05) is 47.9 Å². The number of hydrogen-bond acceptors (Lipinski definition) is 6. The van der Waals surface area contributed by atoms with Gasteiger partial charge in [0.05, 0.1) is 17.3 Å². The van der Waals surface area contributed by atoms with Crippen LogP contribution in [0.5, 0.6) is 0 Å². The summed E-state index contributed by atoms with van der Waals surface area (Å²) >= 11 is 1.29. The Labute approximate surface area is 216 Å². The van der Waals surface area contributed by atoms with Gasteiger partial charge < -0.3 is 16.8 Å². The molecule has 5 rings (SSSR count). The zero-order chi connectivity index (χ0) is 26.3. The van der Waals surface area contributed by atoms with Crippen molar-refractivity contribution in [1.29, 1.82) is 0 Å². The van der Waals surface area contributed by atoms with Gasteiger partial charge in [0.2, 0.25) is 5.91 Å². The molecule has 3 heterocycles. The molecule has 1 fully saturated rings. The minimum atomic E-state index is -0.750. The number of nitrogens with zero attached hydrogens (tertiary/aromatic N) is 3. The minimum Gasteiger partial charge on any atom is -0.365 e. The molecule has 1 unspecified atom stereocenters. The summed E-state index contributed by atoms with van der Waals surface area (Å²) in [5.41, 5.74) is 14.9. The van der Waals surface area contributed by atoms with Crippen LogP contribution in [0.4, 0.5) is 19.9 Å². The predicted molar refractivity (Wildman–Crippen MR) is 139 cm³/mol. The third-order valence-corrected chi connectivity index (χ3v) is 7.96. The Kier molecular flexibility index (Phi) is 6.69. The maximum absolute atomic E-state index is 14.7. The van der Waals surface area contributed by atoms with E-state index in [-0.39, 0.29) is 17.8 Å². The Hall–Kier alpha value is -3.77. The first-order valence-electron chi connectivity index (χ1n) is 12.1. The summed E-state index contributed by atoms with van der Waals surface area (Å²) in [6.07, 6.45) is 5.15. The standard InChI is InChI=1S/C25H28FN7O3S/c1-13(34)29-15-5-4-14(19(26)9-15)10-32-8-2-3-16(11-32)33-12-18-20(31-33)7-6-17-21(23(27)35)24(30-25(28)36)37-22(17)18/h4-5,9,12,16H,2-3,6-8,10-11H2,1H3,(H2,27,35)(H,29,34)(H3,28,30,36). The lowest BCUT2D eigenvalue weighted by molar-refractivity contribution is -0.114. The van der Waals surface area contributed by atoms with E-state index in [0.29, 0.717) is 47.7 Å². The second-order valence-corrected chi connectivity index (χ2v) is 10.5. The molecule has 37 heavy (non-hydrogen) atoms. The maximum Gasteiger partial charge on any atom is 0.317 e. The first kappa shape index (κ1) is 24.9. The molecular formula is C25H28FN7O3S. The Morgan fingerprint density at radius 2 is 2.03 bits per heavy atom. The van der Waals surface area contributed by atoms with Crippen molar-refractivity contribution in [3.05, 3.63) is 52.6 Å². The van der Waals surface area contributed by atoms with Gasteiger partial charge >= 0.3 is 6.03 Å². The first-order chi connectivity index (χ1) is 17.7. The largest absolute Gasteiger partial charge is 0.365 e. The normalized spacial score (nSPS) is 17.1. The molecule has 2 aliphatic rings. The molecule has 12 heteroatoms. The van der Waals surface area contributed by atoms with Gasteiger partial charge in [-0.25, -0.2) is 9.18 Å². The Balaban J connectivity index is 1.35. The number of amides is 4. The number of hydrogen-bond donors (Lipinski definition) is 4. The number of halogens is 1. The highest BCUT2D eigenvalue weighted by Crippen LogP contribution is 2.45. The summed E-state index contributed by atoms with van der Waals surface area (Å²) in [4.78, 5) is 37.9. The number of benzene rings is 1.